The summed E-state index contributed by atoms with van der Waals surface area (Å²) >= 11 is 0. The van der Waals surface area contributed by atoms with Crippen LogP contribution < -0.4 is 10.6 Å². The van der Waals surface area contributed by atoms with Gasteiger partial charge in [0.1, 0.15) is 0 Å². The number of nitrogens with two attached hydrogens (primary N) is 1. The van der Waals surface area contributed by atoms with Crippen molar-refractivity contribution in [2.24, 2.45) is 16.0 Å². The summed E-state index contributed by atoms with van der Waals surface area (Å²) in [5.41, 5.74) is 6.60. The Labute approximate surface area is 95.0 Å². The lowest BCUT2D eigenvalue weighted by Crippen LogP contribution is -2.21. The van der Waals surface area contributed by atoms with Crippen molar-refractivity contribution in [3.63, 3.8) is 0 Å². The molecule has 0 radical (unpaired) electrons. The highest BCUT2D eigenvalue weighted by molar-refractivity contribution is 5.72. The van der Waals surface area contributed by atoms with E-state index in [2.05, 4.69) is 29.0 Å². The molecule has 1 aromatic carbocycles. The number of carbonyl (C=O) groups excluding carboxylic acids is 1. The molecule has 2 N–H and O–H groups in total. The molecule has 0 unspecified atom stereocenters. The van der Waals surface area contributed by atoms with E-state index < -0.39 is 6.03 Å². The number of amides is 2. The molecule has 0 atom stereocenters. The third-order valence-corrected chi connectivity index (χ3v) is 2.24. The standard InChI is InChI=1S/C11H16N4O/c1-3-15(4-2)10-7-5-9(6-8-10)13-14-11(12)16/h5-8H,3-4H2,1-2H3,(H2,12,16). The molecule has 0 bridgehead atoms. The van der Waals surface area contributed by atoms with E-state index in [4.69, 9.17) is 5.73 Å². The molecular weight excluding hydrogens is 204 g/mol. The zero-order valence-corrected chi connectivity index (χ0v) is 9.55. The van der Waals surface area contributed by atoms with Crippen molar-refractivity contribution in [2.75, 3.05) is 18.0 Å². The maximum atomic E-state index is 10.4. The first-order valence-electron chi connectivity index (χ1n) is 5.23. The summed E-state index contributed by atoms with van der Waals surface area (Å²) in [5.74, 6) is 0. The molecule has 0 saturated carbocycles. The first-order valence-corrected chi connectivity index (χ1v) is 5.23. The van der Waals surface area contributed by atoms with E-state index in [-0.39, 0.29) is 0 Å². The molecule has 0 fully saturated rings. The molecule has 0 saturated heterocycles. The van der Waals surface area contributed by atoms with Gasteiger partial charge in [0.15, 0.2) is 0 Å². The van der Waals surface area contributed by atoms with E-state index >= 15 is 0 Å². The van der Waals surface area contributed by atoms with E-state index in [1.54, 1.807) is 12.1 Å². The van der Waals surface area contributed by atoms with Gasteiger partial charge in [-0.15, -0.1) is 5.11 Å². The van der Waals surface area contributed by atoms with Gasteiger partial charge in [0.05, 0.1) is 5.69 Å². The Morgan fingerprint density at radius 1 is 1.25 bits per heavy atom. The van der Waals surface area contributed by atoms with E-state index in [1.807, 2.05) is 12.1 Å². The topological polar surface area (TPSA) is 71.1 Å². The van der Waals surface area contributed by atoms with Gasteiger partial charge in [0.25, 0.3) is 0 Å². The van der Waals surface area contributed by atoms with Crippen LogP contribution in [0.3, 0.4) is 0 Å². The second-order valence-corrected chi connectivity index (χ2v) is 3.23. The molecular formula is C11H16N4O. The molecule has 0 aliphatic rings. The molecule has 0 aliphatic heterocycles. The maximum Gasteiger partial charge on any atom is 0.356 e. The summed E-state index contributed by atoms with van der Waals surface area (Å²) in [4.78, 5) is 12.6. The largest absolute Gasteiger partial charge is 0.372 e. The summed E-state index contributed by atoms with van der Waals surface area (Å²) < 4.78 is 0. The van der Waals surface area contributed by atoms with Gasteiger partial charge in [-0.2, -0.15) is 0 Å². The van der Waals surface area contributed by atoms with Crippen molar-refractivity contribution < 1.29 is 4.79 Å². The number of benzene rings is 1. The minimum absolute atomic E-state index is 0.620. The second kappa shape index (κ2) is 5.85. The Morgan fingerprint density at radius 3 is 2.25 bits per heavy atom. The number of anilines is 1. The fourth-order valence-corrected chi connectivity index (χ4v) is 1.43. The van der Waals surface area contributed by atoms with Crippen LogP contribution >= 0.6 is 0 Å². The van der Waals surface area contributed by atoms with Gasteiger partial charge < -0.3 is 10.6 Å². The van der Waals surface area contributed by atoms with Crippen molar-refractivity contribution in [1.82, 2.24) is 0 Å². The lowest BCUT2D eigenvalue weighted by molar-refractivity contribution is 0.255. The highest BCUT2D eigenvalue weighted by atomic mass is 16.2. The summed E-state index contributed by atoms with van der Waals surface area (Å²) in [5, 5.41) is 6.95. The van der Waals surface area contributed by atoms with Crippen molar-refractivity contribution in [2.45, 2.75) is 13.8 Å². The molecule has 2 amide bonds. The Hall–Kier alpha value is -1.91. The van der Waals surface area contributed by atoms with Crippen LogP contribution in [0.1, 0.15) is 13.8 Å². The summed E-state index contributed by atoms with van der Waals surface area (Å²) in [6, 6.07) is 6.72. The normalized spacial score (nSPS) is 10.6. The third-order valence-electron chi connectivity index (χ3n) is 2.24. The smallest absolute Gasteiger partial charge is 0.356 e. The van der Waals surface area contributed by atoms with Gasteiger partial charge >= 0.3 is 6.03 Å². The Bertz CT molecular complexity index is 368. The van der Waals surface area contributed by atoms with Crippen LogP contribution in [0.5, 0.6) is 0 Å². The molecule has 16 heavy (non-hydrogen) atoms. The van der Waals surface area contributed by atoms with Crippen molar-refractivity contribution >= 4 is 17.4 Å². The molecule has 1 aromatic rings. The van der Waals surface area contributed by atoms with Gasteiger partial charge in [0.2, 0.25) is 0 Å². The zero-order chi connectivity index (χ0) is 12.0. The van der Waals surface area contributed by atoms with Crippen LogP contribution in [-0.4, -0.2) is 19.1 Å². The van der Waals surface area contributed by atoms with E-state index in [0.29, 0.717) is 5.69 Å². The van der Waals surface area contributed by atoms with Crippen LogP contribution in [-0.2, 0) is 0 Å². The lowest BCUT2D eigenvalue weighted by atomic mass is 10.2. The predicted octanol–water partition coefficient (Wildman–Crippen LogP) is 2.70. The maximum absolute atomic E-state index is 10.4. The number of rotatable bonds is 4. The van der Waals surface area contributed by atoms with E-state index in [0.717, 1.165) is 18.8 Å². The number of hydrogen-bond donors (Lipinski definition) is 1. The Balaban J connectivity index is 2.78. The number of carbonyl (C=O) groups is 1. The predicted molar refractivity (Wildman–Crippen MR) is 64.1 cm³/mol. The average molecular weight is 220 g/mol. The number of urea groups is 1. The SMILES string of the molecule is CCN(CC)c1ccc(N=NC(N)=O)cc1. The molecule has 1 rings (SSSR count). The summed E-state index contributed by atoms with van der Waals surface area (Å²) in [7, 11) is 0. The quantitative estimate of drug-likeness (QED) is 0.792. The highest BCUT2D eigenvalue weighted by Gasteiger charge is 2.00. The van der Waals surface area contributed by atoms with Crippen LogP contribution in [0.15, 0.2) is 34.5 Å². The number of hydrogen-bond acceptors (Lipinski definition) is 3. The fourth-order valence-electron chi connectivity index (χ4n) is 1.43. The molecule has 0 aromatic heterocycles. The zero-order valence-electron chi connectivity index (χ0n) is 9.55. The first kappa shape index (κ1) is 12.2. The second-order valence-electron chi connectivity index (χ2n) is 3.23. The van der Waals surface area contributed by atoms with E-state index in [9.17, 15) is 4.79 Å². The van der Waals surface area contributed by atoms with Crippen LogP contribution in [0, 0.1) is 0 Å². The van der Waals surface area contributed by atoms with Gasteiger partial charge in [-0.05, 0) is 38.1 Å². The minimum Gasteiger partial charge on any atom is -0.372 e. The highest BCUT2D eigenvalue weighted by Crippen LogP contribution is 2.19. The average Bonchev–Trinajstić information content (AvgIpc) is 2.29. The van der Waals surface area contributed by atoms with Crippen molar-refractivity contribution in [3.05, 3.63) is 24.3 Å². The monoisotopic (exact) mass is 220 g/mol. The van der Waals surface area contributed by atoms with Crippen LogP contribution in [0.4, 0.5) is 16.2 Å². The number of nitrogens with zero attached hydrogens (tertiary/aromatic N) is 3. The number of primary amides is 1. The third kappa shape index (κ3) is 3.34. The van der Waals surface area contributed by atoms with Gasteiger partial charge in [-0.1, -0.05) is 5.11 Å². The van der Waals surface area contributed by atoms with E-state index in [1.165, 1.54) is 0 Å². The summed E-state index contributed by atoms with van der Waals surface area (Å²) in [6.45, 7) is 6.12. The Kier molecular flexibility index (Phi) is 4.44. The van der Waals surface area contributed by atoms with Gasteiger partial charge in [-0.3, -0.25) is 0 Å². The minimum atomic E-state index is -0.784. The van der Waals surface area contributed by atoms with Crippen molar-refractivity contribution in [3.8, 4) is 0 Å². The molecule has 5 nitrogen and oxygen atoms in total. The first-order chi connectivity index (χ1) is 7.67. The van der Waals surface area contributed by atoms with Crippen LogP contribution in [0.2, 0.25) is 0 Å². The lowest BCUT2D eigenvalue weighted by Gasteiger charge is -2.20. The molecule has 5 heteroatoms. The van der Waals surface area contributed by atoms with Crippen molar-refractivity contribution in [1.29, 1.82) is 0 Å². The molecule has 0 spiro atoms. The summed E-state index contributed by atoms with van der Waals surface area (Å²) in [6.07, 6.45) is 0. The van der Waals surface area contributed by atoms with Crippen LogP contribution in [0.25, 0.3) is 0 Å². The molecule has 86 valence electrons. The number of azo groups is 1. The Morgan fingerprint density at radius 2 is 1.81 bits per heavy atom. The molecule has 0 aliphatic carbocycles. The van der Waals surface area contributed by atoms with Gasteiger partial charge in [0, 0.05) is 18.8 Å². The van der Waals surface area contributed by atoms with Gasteiger partial charge in [-0.25, -0.2) is 4.79 Å². The molecule has 0 heterocycles. The fraction of sp³-hybridized carbons (Fsp3) is 0.364.